The minimum atomic E-state index is -0.356. The van der Waals surface area contributed by atoms with Crippen LogP contribution >= 0.6 is 11.8 Å². The molecule has 146 valence electrons. The average Bonchev–Trinajstić information content (AvgIpc) is 3.27. The van der Waals surface area contributed by atoms with Gasteiger partial charge in [-0.3, -0.25) is 9.69 Å². The summed E-state index contributed by atoms with van der Waals surface area (Å²) in [6.45, 7) is 1.40. The second-order valence-corrected chi connectivity index (χ2v) is 7.37. The van der Waals surface area contributed by atoms with E-state index >= 15 is 0 Å². The van der Waals surface area contributed by atoms with Crippen molar-refractivity contribution in [3.63, 3.8) is 0 Å². The van der Waals surface area contributed by atoms with Crippen LogP contribution in [0.1, 0.15) is 22.1 Å². The van der Waals surface area contributed by atoms with E-state index in [1.54, 1.807) is 11.9 Å². The minimum Gasteiger partial charge on any atom is -0.471 e. The Hall–Kier alpha value is -2.77. The van der Waals surface area contributed by atoms with Crippen LogP contribution in [0.4, 0.5) is 10.5 Å². The first-order valence-corrected chi connectivity index (χ1v) is 9.87. The summed E-state index contributed by atoms with van der Waals surface area (Å²) in [6, 6.07) is 16.1. The number of nitrogens with zero attached hydrogens (tertiary/aromatic N) is 1. The van der Waals surface area contributed by atoms with Gasteiger partial charge in [-0.05, 0) is 29.3 Å². The summed E-state index contributed by atoms with van der Waals surface area (Å²) in [5.41, 5.74) is 4.05. The van der Waals surface area contributed by atoms with Crippen molar-refractivity contribution < 1.29 is 19.1 Å². The summed E-state index contributed by atoms with van der Waals surface area (Å²) < 4.78 is 9.43. The molecule has 1 N–H and O–H groups in total. The molecular formula is C21H22N2O4S. The molecule has 0 aliphatic carbocycles. The Morgan fingerprint density at radius 2 is 2.00 bits per heavy atom. The van der Waals surface area contributed by atoms with E-state index in [1.807, 2.05) is 54.2 Å². The zero-order valence-electron chi connectivity index (χ0n) is 15.8. The molecule has 0 bridgehead atoms. The van der Waals surface area contributed by atoms with Crippen LogP contribution in [-0.2, 0) is 14.3 Å². The lowest BCUT2D eigenvalue weighted by Gasteiger charge is -2.28. The number of fused-ring (bicyclic) bond motifs is 1. The number of ether oxygens (including phenoxy) is 2. The summed E-state index contributed by atoms with van der Waals surface area (Å²) in [5, 5.41) is 3.79. The predicted molar refractivity (Wildman–Crippen MR) is 112 cm³/mol. The highest BCUT2D eigenvalue weighted by Crippen LogP contribution is 2.38. The fourth-order valence-corrected chi connectivity index (χ4v) is 4.02. The molecule has 2 aliphatic rings. The molecule has 4 rings (SSSR count). The number of hydrogen-bond donors (Lipinski definition) is 1. The fraction of sp³-hybridized carbons (Fsp3) is 0.238. The van der Waals surface area contributed by atoms with Crippen molar-refractivity contribution >= 4 is 41.8 Å². The lowest BCUT2D eigenvalue weighted by molar-refractivity contribution is -0.126. The summed E-state index contributed by atoms with van der Waals surface area (Å²) >= 11 is 1.90. The van der Waals surface area contributed by atoms with Crippen LogP contribution in [0.2, 0.25) is 0 Å². The molecule has 1 fully saturated rings. The molecule has 2 aromatic carbocycles. The molecule has 0 saturated carbocycles. The molecule has 0 spiro atoms. The molecule has 2 aromatic rings. The molecule has 0 radical (unpaired) electrons. The molecule has 2 heterocycles. The van der Waals surface area contributed by atoms with Crippen molar-refractivity contribution in [2.45, 2.75) is 5.37 Å². The number of methoxy groups -OCH3 is 1. The van der Waals surface area contributed by atoms with Crippen LogP contribution in [0.25, 0.3) is 11.8 Å². The van der Waals surface area contributed by atoms with E-state index in [4.69, 9.17) is 9.53 Å². The van der Waals surface area contributed by atoms with Gasteiger partial charge in [-0.2, -0.15) is 0 Å². The van der Waals surface area contributed by atoms with E-state index in [2.05, 4.69) is 22.2 Å². The average molecular weight is 398 g/mol. The third-order valence-corrected chi connectivity index (χ3v) is 5.54. The first-order valence-electron chi connectivity index (χ1n) is 8.82. The minimum absolute atomic E-state index is 0.302. The van der Waals surface area contributed by atoms with E-state index in [0.717, 1.165) is 29.1 Å². The molecule has 0 aromatic heterocycles. The van der Waals surface area contributed by atoms with Crippen LogP contribution in [-0.4, -0.2) is 39.0 Å². The number of thioether (sulfide) groups is 1. The van der Waals surface area contributed by atoms with Crippen LogP contribution in [0.15, 0.2) is 48.5 Å². The number of anilines is 1. The van der Waals surface area contributed by atoms with Gasteiger partial charge >= 0.3 is 6.09 Å². The highest BCUT2D eigenvalue weighted by molar-refractivity contribution is 7.99. The number of amides is 1. The van der Waals surface area contributed by atoms with Gasteiger partial charge in [-0.25, -0.2) is 4.79 Å². The second-order valence-electron chi connectivity index (χ2n) is 6.16. The predicted octanol–water partition coefficient (Wildman–Crippen LogP) is 3.90. The Bertz CT molecular complexity index is 864. The quantitative estimate of drug-likeness (QED) is 0.791. The lowest BCUT2D eigenvalue weighted by atomic mass is 10.0. The monoisotopic (exact) mass is 398 g/mol. The molecule has 28 heavy (non-hydrogen) atoms. The van der Waals surface area contributed by atoms with E-state index in [1.165, 1.54) is 12.7 Å². The number of nitrogens with one attached hydrogen (secondary N) is 1. The van der Waals surface area contributed by atoms with E-state index in [9.17, 15) is 4.79 Å². The first-order chi connectivity index (χ1) is 13.6. The Kier molecular flexibility index (Phi) is 6.73. The number of hydrogen-bond acceptors (Lipinski definition) is 6. The van der Waals surface area contributed by atoms with Gasteiger partial charge in [0.2, 0.25) is 0 Å². The summed E-state index contributed by atoms with van der Waals surface area (Å²) in [5.74, 6) is 1.72. The maximum Gasteiger partial charge on any atom is 0.419 e. The number of carbonyl (C=O) groups excluding carboxylic acids is 2. The van der Waals surface area contributed by atoms with Gasteiger partial charge in [0.25, 0.3) is 6.47 Å². The number of rotatable bonds is 3. The summed E-state index contributed by atoms with van der Waals surface area (Å²) in [4.78, 5) is 22.6. The third kappa shape index (κ3) is 4.55. The van der Waals surface area contributed by atoms with Gasteiger partial charge in [0.05, 0.1) is 18.2 Å². The van der Waals surface area contributed by atoms with Crippen molar-refractivity contribution in [1.82, 2.24) is 5.32 Å². The Morgan fingerprint density at radius 1 is 1.25 bits per heavy atom. The van der Waals surface area contributed by atoms with Gasteiger partial charge in [0.15, 0.2) is 0 Å². The number of benzene rings is 2. The van der Waals surface area contributed by atoms with Crippen LogP contribution in [0.5, 0.6) is 0 Å². The van der Waals surface area contributed by atoms with Gasteiger partial charge < -0.3 is 14.8 Å². The Morgan fingerprint density at radius 3 is 2.64 bits per heavy atom. The Labute approximate surface area is 168 Å². The normalized spacial score (nSPS) is 19.4. The standard InChI is InChI=1S/C19H18N2O2S.C2H4O2/c1-21-16-8-7-14(18-20-9-10-24-18)12-15(16)17(23-19(21)22)11-13-5-3-2-4-6-13;1-4-2-3/h2-8,11-12,18,20H,9-10H2,1H3;2H,1H3/b17-11-;. The van der Waals surface area contributed by atoms with Crippen molar-refractivity contribution in [2.24, 2.45) is 0 Å². The highest BCUT2D eigenvalue weighted by Gasteiger charge is 2.28. The van der Waals surface area contributed by atoms with Crippen molar-refractivity contribution in [2.75, 3.05) is 31.4 Å². The molecule has 1 saturated heterocycles. The lowest BCUT2D eigenvalue weighted by Crippen LogP contribution is -2.31. The topological polar surface area (TPSA) is 67.9 Å². The highest BCUT2D eigenvalue weighted by atomic mass is 32.2. The van der Waals surface area contributed by atoms with Gasteiger partial charge in [0.1, 0.15) is 5.76 Å². The van der Waals surface area contributed by atoms with E-state index in [-0.39, 0.29) is 6.09 Å². The van der Waals surface area contributed by atoms with Gasteiger partial charge in [-0.15, -0.1) is 11.8 Å². The van der Waals surface area contributed by atoms with Crippen molar-refractivity contribution in [1.29, 1.82) is 0 Å². The summed E-state index contributed by atoms with van der Waals surface area (Å²) in [7, 11) is 3.05. The van der Waals surface area contributed by atoms with Crippen molar-refractivity contribution in [3.8, 4) is 0 Å². The van der Waals surface area contributed by atoms with Gasteiger partial charge in [-0.1, -0.05) is 36.4 Å². The maximum absolute atomic E-state index is 12.1. The molecule has 1 amide bonds. The largest absolute Gasteiger partial charge is 0.471 e. The number of carbonyl (C=O) groups is 2. The fourth-order valence-electron chi connectivity index (χ4n) is 2.97. The number of cyclic esters (lactones) is 1. The molecule has 1 atom stereocenters. The van der Waals surface area contributed by atoms with Crippen LogP contribution in [0.3, 0.4) is 0 Å². The van der Waals surface area contributed by atoms with Gasteiger partial charge in [0, 0.05) is 24.9 Å². The molecule has 1 unspecified atom stereocenters. The first kappa shape index (κ1) is 20.0. The smallest absolute Gasteiger partial charge is 0.419 e. The maximum atomic E-state index is 12.1. The molecular weight excluding hydrogens is 376 g/mol. The molecule has 6 nitrogen and oxygen atoms in total. The van der Waals surface area contributed by atoms with Crippen molar-refractivity contribution in [3.05, 3.63) is 65.2 Å². The van der Waals surface area contributed by atoms with E-state index < -0.39 is 0 Å². The molecule has 2 aliphatic heterocycles. The zero-order chi connectivity index (χ0) is 19.9. The SMILES string of the molecule is CN1C(=O)O/C(=C\c2ccccc2)c2cc(C3NCCS3)ccc21.COC=O. The molecule has 7 heteroatoms. The zero-order valence-corrected chi connectivity index (χ0v) is 16.6. The summed E-state index contributed by atoms with van der Waals surface area (Å²) in [6.07, 6.45) is 1.56. The second kappa shape index (κ2) is 9.43. The third-order valence-electron chi connectivity index (χ3n) is 4.33. The van der Waals surface area contributed by atoms with Crippen LogP contribution < -0.4 is 10.2 Å². The Balaban J connectivity index is 0.000000516. The van der Waals surface area contributed by atoms with Crippen LogP contribution in [0, 0.1) is 0 Å². The van der Waals surface area contributed by atoms with E-state index in [0.29, 0.717) is 17.6 Å².